The highest BCUT2D eigenvalue weighted by Gasteiger charge is 2.18. The standard InChI is InChI=1S/C14H23N3O/c1-14(2,9-15)10-17(3)8-11-5-4-6-12(7-11)13(16)18/h4-7H,8-10,15H2,1-3H3,(H2,16,18). The molecule has 0 radical (unpaired) electrons. The minimum atomic E-state index is -0.387. The summed E-state index contributed by atoms with van der Waals surface area (Å²) in [4.78, 5) is 13.3. The molecule has 4 heteroatoms. The van der Waals surface area contributed by atoms with E-state index >= 15 is 0 Å². The van der Waals surface area contributed by atoms with Crippen LogP contribution in [0.5, 0.6) is 0 Å². The van der Waals surface area contributed by atoms with Gasteiger partial charge >= 0.3 is 0 Å². The summed E-state index contributed by atoms with van der Waals surface area (Å²) in [6, 6.07) is 7.43. The second-order valence-electron chi connectivity index (χ2n) is 5.61. The molecule has 1 aromatic rings. The highest BCUT2D eigenvalue weighted by Crippen LogP contribution is 2.16. The Morgan fingerprint density at radius 1 is 1.39 bits per heavy atom. The van der Waals surface area contributed by atoms with Crippen molar-refractivity contribution in [3.63, 3.8) is 0 Å². The Kier molecular flexibility index (Phi) is 4.87. The number of carbonyl (C=O) groups is 1. The van der Waals surface area contributed by atoms with Gasteiger partial charge in [0.1, 0.15) is 0 Å². The summed E-state index contributed by atoms with van der Waals surface area (Å²) in [6.45, 7) is 6.63. The van der Waals surface area contributed by atoms with Crippen LogP contribution >= 0.6 is 0 Å². The second-order valence-corrected chi connectivity index (χ2v) is 5.61. The molecule has 4 nitrogen and oxygen atoms in total. The van der Waals surface area contributed by atoms with Gasteiger partial charge in [-0.05, 0) is 36.7 Å². The maximum atomic E-state index is 11.1. The first-order valence-electron chi connectivity index (χ1n) is 6.11. The molecule has 0 unspecified atom stereocenters. The smallest absolute Gasteiger partial charge is 0.248 e. The van der Waals surface area contributed by atoms with Crippen LogP contribution < -0.4 is 11.5 Å². The van der Waals surface area contributed by atoms with E-state index in [1.807, 2.05) is 25.2 Å². The van der Waals surface area contributed by atoms with Gasteiger partial charge in [0.05, 0.1) is 0 Å². The van der Waals surface area contributed by atoms with Crippen molar-refractivity contribution in [2.75, 3.05) is 20.1 Å². The number of carbonyl (C=O) groups excluding carboxylic acids is 1. The topological polar surface area (TPSA) is 72.3 Å². The molecular weight excluding hydrogens is 226 g/mol. The maximum Gasteiger partial charge on any atom is 0.248 e. The van der Waals surface area contributed by atoms with Crippen LogP contribution in [-0.2, 0) is 6.54 Å². The highest BCUT2D eigenvalue weighted by molar-refractivity contribution is 5.92. The maximum absolute atomic E-state index is 11.1. The molecule has 0 aliphatic carbocycles. The third-order valence-electron chi connectivity index (χ3n) is 2.91. The molecule has 18 heavy (non-hydrogen) atoms. The molecule has 100 valence electrons. The number of hydrogen-bond donors (Lipinski definition) is 2. The van der Waals surface area contributed by atoms with Gasteiger partial charge < -0.3 is 16.4 Å². The third-order valence-corrected chi connectivity index (χ3v) is 2.91. The third kappa shape index (κ3) is 4.47. The molecule has 0 spiro atoms. The van der Waals surface area contributed by atoms with Crippen molar-refractivity contribution in [3.8, 4) is 0 Å². The van der Waals surface area contributed by atoms with E-state index in [9.17, 15) is 4.79 Å². The molecule has 0 saturated heterocycles. The molecule has 0 atom stereocenters. The van der Waals surface area contributed by atoms with Crippen LogP contribution in [-0.4, -0.2) is 30.9 Å². The van der Waals surface area contributed by atoms with Crippen molar-refractivity contribution in [2.45, 2.75) is 20.4 Å². The predicted molar refractivity (Wildman–Crippen MR) is 74.1 cm³/mol. The first-order chi connectivity index (χ1) is 8.34. The fraction of sp³-hybridized carbons (Fsp3) is 0.500. The fourth-order valence-corrected chi connectivity index (χ4v) is 1.99. The lowest BCUT2D eigenvalue weighted by Gasteiger charge is -2.29. The van der Waals surface area contributed by atoms with Gasteiger partial charge in [-0.2, -0.15) is 0 Å². The van der Waals surface area contributed by atoms with Gasteiger partial charge in [-0.15, -0.1) is 0 Å². The zero-order chi connectivity index (χ0) is 13.8. The number of amides is 1. The van der Waals surface area contributed by atoms with E-state index in [1.165, 1.54) is 0 Å². The molecule has 0 saturated carbocycles. The van der Waals surface area contributed by atoms with E-state index in [1.54, 1.807) is 6.07 Å². The minimum absolute atomic E-state index is 0.0933. The van der Waals surface area contributed by atoms with E-state index in [2.05, 4.69) is 18.7 Å². The van der Waals surface area contributed by atoms with E-state index in [-0.39, 0.29) is 11.3 Å². The van der Waals surface area contributed by atoms with Crippen molar-refractivity contribution < 1.29 is 4.79 Å². The first kappa shape index (κ1) is 14.7. The SMILES string of the molecule is CN(Cc1cccc(C(N)=O)c1)CC(C)(C)CN. The summed E-state index contributed by atoms with van der Waals surface area (Å²) in [7, 11) is 2.05. The lowest BCUT2D eigenvalue weighted by Crippen LogP contribution is -2.36. The summed E-state index contributed by atoms with van der Waals surface area (Å²) in [5.41, 5.74) is 12.7. The van der Waals surface area contributed by atoms with Crippen molar-refractivity contribution in [2.24, 2.45) is 16.9 Å². The number of nitrogens with zero attached hydrogens (tertiary/aromatic N) is 1. The molecule has 0 aliphatic rings. The van der Waals surface area contributed by atoms with Crippen molar-refractivity contribution >= 4 is 5.91 Å². The number of hydrogen-bond acceptors (Lipinski definition) is 3. The van der Waals surface area contributed by atoms with E-state index in [4.69, 9.17) is 11.5 Å². The van der Waals surface area contributed by atoms with Crippen LogP contribution in [0.3, 0.4) is 0 Å². The summed E-state index contributed by atoms with van der Waals surface area (Å²) in [5.74, 6) is -0.387. The Labute approximate surface area is 109 Å². The Morgan fingerprint density at radius 2 is 2.06 bits per heavy atom. The van der Waals surface area contributed by atoms with Crippen molar-refractivity contribution in [1.82, 2.24) is 4.90 Å². The second kappa shape index (κ2) is 5.98. The van der Waals surface area contributed by atoms with Gasteiger partial charge in [0, 0.05) is 18.7 Å². The monoisotopic (exact) mass is 249 g/mol. The van der Waals surface area contributed by atoms with Gasteiger partial charge in [0.2, 0.25) is 5.91 Å². The van der Waals surface area contributed by atoms with Gasteiger partial charge in [-0.25, -0.2) is 0 Å². The van der Waals surface area contributed by atoms with Crippen molar-refractivity contribution in [3.05, 3.63) is 35.4 Å². The minimum Gasteiger partial charge on any atom is -0.366 e. The summed E-state index contributed by atoms with van der Waals surface area (Å²) in [5, 5.41) is 0. The van der Waals surface area contributed by atoms with Crippen LogP contribution in [0.25, 0.3) is 0 Å². The fourth-order valence-electron chi connectivity index (χ4n) is 1.99. The number of primary amides is 1. The van der Waals surface area contributed by atoms with Crippen molar-refractivity contribution in [1.29, 1.82) is 0 Å². The Hall–Kier alpha value is -1.39. The lowest BCUT2D eigenvalue weighted by atomic mass is 9.93. The van der Waals surface area contributed by atoms with E-state index < -0.39 is 0 Å². The van der Waals surface area contributed by atoms with E-state index in [0.717, 1.165) is 18.7 Å². The summed E-state index contributed by atoms with van der Waals surface area (Å²) in [6.07, 6.45) is 0. The molecule has 0 heterocycles. The largest absolute Gasteiger partial charge is 0.366 e. The summed E-state index contributed by atoms with van der Waals surface area (Å²) >= 11 is 0. The zero-order valence-corrected chi connectivity index (χ0v) is 11.4. The number of benzene rings is 1. The van der Waals surface area contributed by atoms with Gasteiger partial charge in [-0.3, -0.25) is 4.79 Å². The molecule has 4 N–H and O–H groups in total. The van der Waals surface area contributed by atoms with Crippen LogP contribution in [0.2, 0.25) is 0 Å². The molecule has 0 aromatic heterocycles. The average Bonchev–Trinajstić information content (AvgIpc) is 2.28. The molecule has 0 aliphatic heterocycles. The molecule has 1 amide bonds. The van der Waals surface area contributed by atoms with E-state index in [0.29, 0.717) is 12.1 Å². The molecular formula is C14H23N3O. The van der Waals surface area contributed by atoms with Crippen LogP contribution in [0.1, 0.15) is 29.8 Å². The number of nitrogens with two attached hydrogens (primary N) is 2. The Morgan fingerprint density at radius 3 is 2.61 bits per heavy atom. The van der Waals surface area contributed by atoms with Gasteiger partial charge in [0.15, 0.2) is 0 Å². The molecule has 0 fully saturated rings. The summed E-state index contributed by atoms with van der Waals surface area (Å²) < 4.78 is 0. The molecule has 0 bridgehead atoms. The first-order valence-corrected chi connectivity index (χ1v) is 6.11. The lowest BCUT2D eigenvalue weighted by molar-refractivity contribution is 0.1000. The van der Waals surface area contributed by atoms with Crippen LogP contribution in [0.15, 0.2) is 24.3 Å². The predicted octanol–water partition coefficient (Wildman–Crippen LogP) is 1.20. The quantitative estimate of drug-likeness (QED) is 0.795. The molecule has 1 rings (SSSR count). The van der Waals surface area contributed by atoms with Crippen LogP contribution in [0, 0.1) is 5.41 Å². The Bertz CT molecular complexity index is 415. The number of rotatable bonds is 6. The van der Waals surface area contributed by atoms with Crippen LogP contribution in [0.4, 0.5) is 0 Å². The Balaban J connectivity index is 2.67. The average molecular weight is 249 g/mol. The van der Waals surface area contributed by atoms with Gasteiger partial charge in [-0.1, -0.05) is 26.0 Å². The van der Waals surface area contributed by atoms with Gasteiger partial charge in [0.25, 0.3) is 0 Å². The zero-order valence-electron chi connectivity index (χ0n) is 11.4. The highest BCUT2D eigenvalue weighted by atomic mass is 16.1. The normalized spacial score (nSPS) is 11.8. The molecule has 1 aromatic carbocycles.